The van der Waals surface area contributed by atoms with Gasteiger partial charge in [0.15, 0.2) is 0 Å². The summed E-state index contributed by atoms with van der Waals surface area (Å²) in [5.74, 6) is -0.0674. The summed E-state index contributed by atoms with van der Waals surface area (Å²) < 4.78 is 15.8. The zero-order valence-electron chi connectivity index (χ0n) is 14.0. The van der Waals surface area contributed by atoms with Gasteiger partial charge < -0.3 is 19.5 Å². The lowest BCUT2D eigenvalue weighted by atomic mass is 9.82. The van der Waals surface area contributed by atoms with Gasteiger partial charge in [-0.25, -0.2) is 9.59 Å². The Morgan fingerprint density at radius 3 is 2.65 bits per heavy atom. The van der Waals surface area contributed by atoms with Gasteiger partial charge in [0.25, 0.3) is 5.56 Å². The van der Waals surface area contributed by atoms with Crippen molar-refractivity contribution in [2.75, 3.05) is 26.1 Å². The van der Waals surface area contributed by atoms with E-state index in [1.807, 2.05) is 0 Å². The van der Waals surface area contributed by atoms with E-state index in [9.17, 15) is 14.4 Å². The maximum atomic E-state index is 12.6. The monoisotopic (exact) mass is 357 g/mol. The highest BCUT2D eigenvalue weighted by atomic mass is 16.5. The van der Waals surface area contributed by atoms with Crippen LogP contribution in [0.4, 0.5) is 5.82 Å². The van der Waals surface area contributed by atoms with Crippen molar-refractivity contribution in [3.63, 3.8) is 0 Å². The van der Waals surface area contributed by atoms with Gasteiger partial charge in [-0.3, -0.25) is 14.8 Å². The molecule has 3 heterocycles. The second-order valence-corrected chi connectivity index (χ2v) is 5.83. The topological polar surface area (TPSA) is 123 Å². The van der Waals surface area contributed by atoms with Crippen molar-refractivity contribution in [3.8, 4) is 11.5 Å². The van der Waals surface area contributed by atoms with Crippen molar-refractivity contribution in [1.82, 2.24) is 9.97 Å². The van der Waals surface area contributed by atoms with Crippen LogP contribution in [0.25, 0.3) is 0 Å². The van der Waals surface area contributed by atoms with Crippen molar-refractivity contribution in [3.05, 3.63) is 61.4 Å². The maximum Gasteiger partial charge on any atom is 0.337 e. The summed E-state index contributed by atoms with van der Waals surface area (Å²) in [5.41, 5.74) is 0.316. The average molecular weight is 357 g/mol. The van der Waals surface area contributed by atoms with Gasteiger partial charge in [0.2, 0.25) is 0 Å². The molecule has 2 aliphatic rings. The number of nitrogens with one attached hydrogen (secondary N) is 3. The Labute approximate surface area is 146 Å². The van der Waals surface area contributed by atoms with Crippen molar-refractivity contribution < 1.29 is 19.0 Å². The molecule has 0 amide bonds. The minimum atomic E-state index is -0.776. The zero-order chi connectivity index (χ0) is 18.4. The van der Waals surface area contributed by atoms with Crippen molar-refractivity contribution in [2.24, 2.45) is 0 Å². The average Bonchev–Trinajstić information content (AvgIpc) is 2.99. The zero-order valence-corrected chi connectivity index (χ0v) is 14.0. The molecule has 1 aromatic heterocycles. The van der Waals surface area contributed by atoms with E-state index in [1.54, 1.807) is 18.2 Å². The molecule has 0 fully saturated rings. The lowest BCUT2D eigenvalue weighted by molar-refractivity contribution is -0.136. The summed E-state index contributed by atoms with van der Waals surface area (Å²) in [6.45, 7) is 0.0330. The minimum Gasteiger partial charge on any atom is -0.497 e. The van der Waals surface area contributed by atoms with E-state index in [0.717, 1.165) is 0 Å². The Morgan fingerprint density at radius 2 is 1.92 bits per heavy atom. The number of rotatable bonds is 3. The molecule has 2 aliphatic heterocycles. The second kappa shape index (κ2) is 5.80. The summed E-state index contributed by atoms with van der Waals surface area (Å²) in [7, 11) is 3.01. The van der Waals surface area contributed by atoms with E-state index in [4.69, 9.17) is 14.2 Å². The first kappa shape index (κ1) is 16.0. The molecule has 3 N–H and O–H groups in total. The third kappa shape index (κ3) is 2.28. The first-order chi connectivity index (χ1) is 12.5. The number of anilines is 1. The first-order valence-electron chi connectivity index (χ1n) is 7.79. The van der Waals surface area contributed by atoms with E-state index < -0.39 is 23.1 Å². The van der Waals surface area contributed by atoms with Crippen LogP contribution in [0.5, 0.6) is 11.5 Å². The fourth-order valence-electron chi connectivity index (χ4n) is 3.35. The molecular formula is C17H15N3O6. The molecule has 0 saturated heterocycles. The highest BCUT2D eigenvalue weighted by Gasteiger charge is 2.41. The van der Waals surface area contributed by atoms with Crippen LogP contribution in [0.3, 0.4) is 0 Å². The number of aromatic nitrogens is 2. The van der Waals surface area contributed by atoms with E-state index >= 15 is 0 Å². The Kier molecular flexibility index (Phi) is 3.57. The maximum absolute atomic E-state index is 12.6. The third-order valence-corrected chi connectivity index (χ3v) is 4.47. The molecule has 0 saturated carbocycles. The summed E-state index contributed by atoms with van der Waals surface area (Å²) in [4.78, 5) is 41.4. The summed E-state index contributed by atoms with van der Waals surface area (Å²) >= 11 is 0. The summed E-state index contributed by atoms with van der Waals surface area (Å²) in [5, 5.41) is 2.92. The van der Waals surface area contributed by atoms with Crippen LogP contribution < -0.4 is 26.0 Å². The van der Waals surface area contributed by atoms with Crippen molar-refractivity contribution in [1.29, 1.82) is 0 Å². The van der Waals surface area contributed by atoms with Gasteiger partial charge in [-0.2, -0.15) is 0 Å². The van der Waals surface area contributed by atoms with Crippen LogP contribution in [0.15, 0.2) is 39.1 Å². The molecule has 0 aliphatic carbocycles. The molecule has 0 unspecified atom stereocenters. The van der Waals surface area contributed by atoms with Crippen LogP contribution in [0.2, 0.25) is 0 Å². The van der Waals surface area contributed by atoms with Gasteiger partial charge in [0.1, 0.15) is 23.9 Å². The molecule has 26 heavy (non-hydrogen) atoms. The number of fused-ring (bicyclic) bond motifs is 1. The normalized spacial score (nSPS) is 17.9. The summed E-state index contributed by atoms with van der Waals surface area (Å²) in [6.07, 6.45) is 0. The van der Waals surface area contributed by atoms with E-state index in [1.165, 1.54) is 14.2 Å². The standard InChI is InChI=1S/C17H15N3O6/c1-24-7-3-4-10(25-2)8(5-7)11-12-9(6-26-16(12)22)18-14-13(11)15(21)20-17(23)19-14/h3-5,11H,6H2,1-2H3,(H3,18,19,20,21,23)/t11-/m0/s1. The van der Waals surface area contributed by atoms with Gasteiger partial charge in [-0.1, -0.05) is 0 Å². The Bertz CT molecular complexity index is 1060. The van der Waals surface area contributed by atoms with E-state index in [2.05, 4.69) is 15.3 Å². The van der Waals surface area contributed by atoms with Crippen LogP contribution in [-0.2, 0) is 9.53 Å². The van der Waals surface area contributed by atoms with E-state index in [-0.39, 0.29) is 18.0 Å². The number of esters is 1. The van der Waals surface area contributed by atoms with Crippen molar-refractivity contribution >= 4 is 11.8 Å². The number of benzene rings is 1. The number of H-pyrrole nitrogens is 2. The molecule has 0 radical (unpaired) electrons. The predicted octanol–water partition coefficient (Wildman–Crippen LogP) is 0.449. The largest absolute Gasteiger partial charge is 0.497 e. The number of hydrogen-bond donors (Lipinski definition) is 3. The lowest BCUT2D eigenvalue weighted by Crippen LogP contribution is -2.33. The molecule has 134 valence electrons. The van der Waals surface area contributed by atoms with Crippen LogP contribution in [-0.4, -0.2) is 36.8 Å². The van der Waals surface area contributed by atoms with Gasteiger partial charge >= 0.3 is 11.7 Å². The van der Waals surface area contributed by atoms with Crippen LogP contribution in [0, 0.1) is 0 Å². The fourth-order valence-corrected chi connectivity index (χ4v) is 3.35. The molecule has 0 spiro atoms. The number of hydrogen-bond acceptors (Lipinski definition) is 7. The Morgan fingerprint density at radius 1 is 1.12 bits per heavy atom. The molecule has 9 heteroatoms. The van der Waals surface area contributed by atoms with Crippen LogP contribution >= 0.6 is 0 Å². The number of cyclic esters (lactones) is 1. The molecule has 4 rings (SSSR count). The third-order valence-electron chi connectivity index (χ3n) is 4.47. The highest BCUT2D eigenvalue weighted by molar-refractivity contribution is 5.97. The number of aromatic amines is 2. The molecule has 1 atom stereocenters. The highest BCUT2D eigenvalue weighted by Crippen LogP contribution is 2.45. The Balaban J connectivity index is 2.05. The second-order valence-electron chi connectivity index (χ2n) is 5.83. The number of ether oxygens (including phenoxy) is 3. The van der Waals surface area contributed by atoms with Crippen LogP contribution in [0.1, 0.15) is 17.0 Å². The number of carbonyl (C=O) groups is 1. The van der Waals surface area contributed by atoms with Gasteiger partial charge in [-0.05, 0) is 18.2 Å². The molecule has 1 aromatic carbocycles. The molecule has 2 aromatic rings. The fraction of sp³-hybridized carbons (Fsp3) is 0.235. The molecule has 0 bridgehead atoms. The molecule has 9 nitrogen and oxygen atoms in total. The van der Waals surface area contributed by atoms with E-state index in [0.29, 0.717) is 28.3 Å². The first-order valence-corrected chi connectivity index (χ1v) is 7.79. The summed E-state index contributed by atoms with van der Waals surface area (Å²) in [6, 6.07) is 5.10. The number of carbonyl (C=O) groups excluding carboxylic acids is 1. The number of methoxy groups -OCH3 is 2. The van der Waals surface area contributed by atoms with Crippen molar-refractivity contribution in [2.45, 2.75) is 5.92 Å². The lowest BCUT2D eigenvalue weighted by Gasteiger charge is -2.26. The molecular weight excluding hydrogens is 342 g/mol. The Hall–Kier alpha value is -3.49. The smallest absolute Gasteiger partial charge is 0.337 e. The predicted molar refractivity (Wildman–Crippen MR) is 90.7 cm³/mol. The van der Waals surface area contributed by atoms with Gasteiger partial charge in [0.05, 0.1) is 37.0 Å². The quantitative estimate of drug-likeness (QED) is 0.682. The van der Waals surface area contributed by atoms with Gasteiger partial charge in [-0.15, -0.1) is 0 Å². The van der Waals surface area contributed by atoms with Gasteiger partial charge in [0, 0.05) is 5.56 Å². The SMILES string of the molecule is COc1ccc(OC)c([C@H]2C3=C(COC3=O)Nc3[nH]c(=O)[nH]c(=O)c32)c1. The minimum absolute atomic E-state index is 0.0330.